The third-order valence-electron chi connectivity index (χ3n) is 3.08. The smallest absolute Gasteiger partial charge is 0.272 e. The van der Waals surface area contributed by atoms with Gasteiger partial charge in [-0.2, -0.15) is 0 Å². The molecule has 0 aliphatic carbocycles. The van der Waals surface area contributed by atoms with Gasteiger partial charge in [0.15, 0.2) is 0 Å². The first kappa shape index (κ1) is 14.1. The molecule has 6 heteroatoms. The summed E-state index contributed by atoms with van der Waals surface area (Å²) in [5.74, 6) is 0. The number of anilines is 1. The van der Waals surface area contributed by atoms with E-state index in [0.29, 0.717) is 5.25 Å². The normalized spacial score (nSPS) is 22.4. The number of nitrogens with zero attached hydrogens (tertiary/aromatic N) is 1. The molecule has 0 aromatic heterocycles. The van der Waals surface area contributed by atoms with Gasteiger partial charge in [-0.1, -0.05) is 0 Å². The Labute approximate surface area is 116 Å². The quantitative estimate of drug-likeness (QED) is 0.663. The molecule has 1 heterocycles. The second-order valence-corrected chi connectivity index (χ2v) is 5.84. The van der Waals surface area contributed by atoms with E-state index in [2.05, 4.69) is 5.32 Å². The van der Waals surface area contributed by atoms with Crippen LogP contribution < -0.4 is 5.32 Å². The molecule has 0 spiro atoms. The lowest BCUT2D eigenvalue weighted by Crippen LogP contribution is -2.13. The summed E-state index contributed by atoms with van der Waals surface area (Å²) < 4.78 is 5.52. The van der Waals surface area contributed by atoms with Crippen molar-refractivity contribution in [2.24, 2.45) is 0 Å². The molecule has 1 aliphatic heterocycles. The van der Waals surface area contributed by atoms with Crippen molar-refractivity contribution in [2.45, 2.75) is 36.5 Å². The minimum absolute atomic E-state index is 0.132. The molecule has 1 aromatic rings. The maximum absolute atomic E-state index is 11.0. The minimum atomic E-state index is -0.348. The number of nitro groups is 1. The molecule has 2 unspecified atom stereocenters. The van der Waals surface area contributed by atoms with E-state index in [0.717, 1.165) is 30.2 Å². The third-order valence-corrected chi connectivity index (χ3v) is 4.51. The highest BCUT2D eigenvalue weighted by atomic mass is 32.2. The Balaban J connectivity index is 2.20. The van der Waals surface area contributed by atoms with Gasteiger partial charge in [0.25, 0.3) is 5.69 Å². The number of hydrogen-bond donors (Lipinski definition) is 1. The minimum Gasteiger partial charge on any atom is -0.385 e. The van der Waals surface area contributed by atoms with Gasteiger partial charge in [0.05, 0.1) is 11.0 Å². The van der Waals surface area contributed by atoms with Crippen LogP contribution in [0.1, 0.15) is 20.3 Å². The van der Waals surface area contributed by atoms with E-state index in [9.17, 15) is 10.1 Å². The Kier molecular flexibility index (Phi) is 4.66. The molecule has 1 N–H and O–H groups in total. The fourth-order valence-electron chi connectivity index (χ4n) is 2.10. The summed E-state index contributed by atoms with van der Waals surface area (Å²) in [6.45, 7) is 5.54. The maximum atomic E-state index is 11.0. The average Bonchev–Trinajstić information content (AvgIpc) is 2.75. The lowest BCUT2D eigenvalue weighted by Gasteiger charge is -2.14. The van der Waals surface area contributed by atoms with Gasteiger partial charge >= 0.3 is 0 Å². The van der Waals surface area contributed by atoms with Gasteiger partial charge in [-0.05, 0) is 26.3 Å². The number of ether oxygens (including phenoxy) is 1. The van der Waals surface area contributed by atoms with Crippen molar-refractivity contribution in [1.82, 2.24) is 0 Å². The number of thioether (sulfide) groups is 1. The molecule has 1 aromatic carbocycles. The number of benzene rings is 1. The van der Waals surface area contributed by atoms with Crippen molar-refractivity contribution in [1.29, 1.82) is 0 Å². The lowest BCUT2D eigenvalue weighted by molar-refractivity contribution is -0.385. The van der Waals surface area contributed by atoms with Crippen LogP contribution in [0.5, 0.6) is 0 Å². The standard InChI is InChI=1S/C13H18N2O3S/c1-3-14-10-6-11(15(16)17)8-12(7-10)19-13-4-5-18-9(13)2/h6-9,13-14H,3-5H2,1-2H3. The zero-order valence-electron chi connectivity index (χ0n) is 11.1. The summed E-state index contributed by atoms with van der Waals surface area (Å²) in [6, 6.07) is 5.17. The van der Waals surface area contributed by atoms with Crippen molar-refractivity contribution in [3.8, 4) is 0 Å². The highest BCUT2D eigenvalue weighted by Crippen LogP contribution is 2.35. The molecular weight excluding hydrogens is 264 g/mol. The van der Waals surface area contributed by atoms with Crippen LogP contribution in [0.2, 0.25) is 0 Å². The summed E-state index contributed by atoms with van der Waals surface area (Å²) in [5, 5.41) is 14.5. The van der Waals surface area contributed by atoms with Crippen molar-refractivity contribution in [3.05, 3.63) is 28.3 Å². The lowest BCUT2D eigenvalue weighted by atomic mass is 10.2. The van der Waals surface area contributed by atoms with Crippen LogP contribution in [0.3, 0.4) is 0 Å². The molecule has 0 amide bonds. The Morgan fingerprint density at radius 1 is 1.53 bits per heavy atom. The Morgan fingerprint density at radius 2 is 2.32 bits per heavy atom. The van der Waals surface area contributed by atoms with E-state index in [4.69, 9.17) is 4.74 Å². The Morgan fingerprint density at radius 3 is 2.89 bits per heavy atom. The van der Waals surface area contributed by atoms with E-state index in [-0.39, 0.29) is 16.7 Å². The molecule has 1 saturated heterocycles. The molecule has 5 nitrogen and oxygen atoms in total. The van der Waals surface area contributed by atoms with Crippen LogP contribution in [0, 0.1) is 10.1 Å². The summed E-state index contributed by atoms with van der Waals surface area (Å²) in [6.07, 6.45) is 1.19. The van der Waals surface area contributed by atoms with Crippen LogP contribution in [0.4, 0.5) is 11.4 Å². The molecule has 1 aliphatic rings. The highest BCUT2D eigenvalue weighted by Gasteiger charge is 2.25. The number of rotatable bonds is 5. The van der Waals surface area contributed by atoms with Gasteiger partial charge in [-0.25, -0.2) is 0 Å². The fourth-order valence-corrected chi connectivity index (χ4v) is 3.32. The van der Waals surface area contributed by atoms with Gasteiger partial charge < -0.3 is 10.1 Å². The average molecular weight is 282 g/mol. The summed E-state index contributed by atoms with van der Waals surface area (Å²) >= 11 is 1.66. The largest absolute Gasteiger partial charge is 0.385 e. The predicted molar refractivity (Wildman–Crippen MR) is 76.9 cm³/mol. The van der Waals surface area contributed by atoms with Crippen molar-refractivity contribution < 1.29 is 9.66 Å². The van der Waals surface area contributed by atoms with Crippen LogP contribution >= 0.6 is 11.8 Å². The highest BCUT2D eigenvalue weighted by molar-refractivity contribution is 8.00. The van der Waals surface area contributed by atoms with E-state index in [1.165, 1.54) is 0 Å². The van der Waals surface area contributed by atoms with E-state index < -0.39 is 0 Å². The topological polar surface area (TPSA) is 64.4 Å². The third kappa shape index (κ3) is 3.61. The van der Waals surface area contributed by atoms with E-state index in [1.54, 1.807) is 23.9 Å². The number of nitro benzene ring substituents is 1. The fraction of sp³-hybridized carbons (Fsp3) is 0.538. The number of nitrogens with one attached hydrogen (secondary N) is 1. The van der Waals surface area contributed by atoms with Gasteiger partial charge in [-0.15, -0.1) is 11.8 Å². The summed E-state index contributed by atoms with van der Waals surface area (Å²) in [7, 11) is 0. The summed E-state index contributed by atoms with van der Waals surface area (Å²) in [4.78, 5) is 11.5. The molecule has 19 heavy (non-hydrogen) atoms. The summed E-state index contributed by atoms with van der Waals surface area (Å²) in [5.41, 5.74) is 0.929. The molecule has 0 bridgehead atoms. The van der Waals surface area contributed by atoms with Gasteiger partial charge in [0.1, 0.15) is 0 Å². The number of non-ortho nitro benzene ring substituents is 1. The van der Waals surface area contributed by atoms with Crippen molar-refractivity contribution >= 4 is 23.1 Å². The molecule has 2 rings (SSSR count). The maximum Gasteiger partial charge on any atom is 0.272 e. The molecular formula is C13H18N2O3S. The second-order valence-electron chi connectivity index (χ2n) is 4.52. The Bertz CT molecular complexity index is 467. The van der Waals surface area contributed by atoms with Gasteiger partial charge in [0, 0.05) is 41.1 Å². The monoisotopic (exact) mass is 282 g/mol. The predicted octanol–water partition coefficient (Wildman–Crippen LogP) is 3.30. The van der Waals surface area contributed by atoms with Crippen LogP contribution in [-0.2, 0) is 4.74 Å². The zero-order valence-corrected chi connectivity index (χ0v) is 11.9. The van der Waals surface area contributed by atoms with E-state index >= 15 is 0 Å². The van der Waals surface area contributed by atoms with Gasteiger partial charge in [-0.3, -0.25) is 10.1 Å². The molecule has 0 radical (unpaired) electrons. The Hall–Kier alpha value is -1.27. The van der Waals surface area contributed by atoms with E-state index in [1.807, 2.05) is 19.9 Å². The first-order chi connectivity index (χ1) is 9.10. The van der Waals surface area contributed by atoms with Gasteiger partial charge in [0.2, 0.25) is 0 Å². The van der Waals surface area contributed by atoms with Crippen molar-refractivity contribution in [3.63, 3.8) is 0 Å². The van der Waals surface area contributed by atoms with Crippen LogP contribution in [0.25, 0.3) is 0 Å². The van der Waals surface area contributed by atoms with Crippen molar-refractivity contribution in [2.75, 3.05) is 18.5 Å². The van der Waals surface area contributed by atoms with Crippen LogP contribution in [-0.4, -0.2) is 29.4 Å². The first-order valence-corrected chi connectivity index (χ1v) is 7.29. The second kappa shape index (κ2) is 6.25. The molecule has 104 valence electrons. The zero-order chi connectivity index (χ0) is 13.8. The molecule has 0 saturated carbocycles. The molecule has 2 atom stereocenters. The van der Waals surface area contributed by atoms with Crippen LogP contribution in [0.15, 0.2) is 23.1 Å². The SMILES string of the molecule is CCNc1cc(SC2CCOC2C)cc([N+](=O)[O-])c1. The first-order valence-electron chi connectivity index (χ1n) is 6.41. The number of hydrogen-bond acceptors (Lipinski definition) is 5. The molecule has 1 fully saturated rings.